The molecular weight excluding hydrogens is 340 g/mol. The highest BCUT2D eigenvalue weighted by Gasteiger charge is 2.14. The molecular formula is C19H11BrO2. The predicted molar refractivity (Wildman–Crippen MR) is 92.2 cm³/mol. The molecule has 0 aliphatic carbocycles. The third-order valence-electron chi connectivity index (χ3n) is 3.83. The van der Waals surface area contributed by atoms with Crippen LogP contribution in [-0.4, -0.2) is 6.29 Å². The molecule has 0 aliphatic rings. The van der Waals surface area contributed by atoms with E-state index in [1.165, 1.54) is 0 Å². The van der Waals surface area contributed by atoms with Gasteiger partial charge in [0.05, 0.1) is 0 Å². The molecule has 0 saturated heterocycles. The smallest absolute Gasteiger partial charge is 0.150 e. The molecule has 106 valence electrons. The lowest BCUT2D eigenvalue weighted by atomic mass is 9.96. The Balaban J connectivity index is 2.13. The molecule has 3 heteroatoms. The number of furan rings is 1. The summed E-state index contributed by atoms with van der Waals surface area (Å²) in [6.45, 7) is 0. The van der Waals surface area contributed by atoms with Gasteiger partial charge in [-0.1, -0.05) is 52.3 Å². The molecule has 0 atom stereocenters. The summed E-state index contributed by atoms with van der Waals surface area (Å²) in [4.78, 5) is 11.4. The van der Waals surface area contributed by atoms with Crippen molar-refractivity contribution in [2.45, 2.75) is 0 Å². The van der Waals surface area contributed by atoms with Crippen molar-refractivity contribution in [1.29, 1.82) is 0 Å². The lowest BCUT2D eigenvalue weighted by molar-refractivity contribution is 0.112. The lowest BCUT2D eigenvalue weighted by Crippen LogP contribution is -1.88. The van der Waals surface area contributed by atoms with E-state index in [9.17, 15) is 4.79 Å². The van der Waals surface area contributed by atoms with Gasteiger partial charge in [0.2, 0.25) is 0 Å². The van der Waals surface area contributed by atoms with E-state index >= 15 is 0 Å². The van der Waals surface area contributed by atoms with Gasteiger partial charge in [-0.15, -0.1) is 0 Å². The van der Waals surface area contributed by atoms with Gasteiger partial charge in [-0.2, -0.15) is 0 Å². The summed E-state index contributed by atoms with van der Waals surface area (Å²) < 4.78 is 6.81. The lowest BCUT2D eigenvalue weighted by Gasteiger charge is -2.07. The fourth-order valence-corrected chi connectivity index (χ4v) is 3.25. The van der Waals surface area contributed by atoms with E-state index in [0.717, 1.165) is 43.8 Å². The predicted octanol–water partition coefficient (Wildman–Crippen LogP) is 5.83. The fraction of sp³-hybridized carbons (Fsp3) is 0. The Labute approximate surface area is 135 Å². The minimum atomic E-state index is 0.659. The van der Waals surface area contributed by atoms with Crippen LogP contribution in [-0.2, 0) is 0 Å². The first-order valence-electron chi connectivity index (χ1n) is 6.93. The second-order valence-electron chi connectivity index (χ2n) is 5.13. The highest BCUT2D eigenvalue weighted by Crippen LogP contribution is 2.37. The zero-order valence-corrected chi connectivity index (χ0v) is 13.1. The summed E-state index contributed by atoms with van der Waals surface area (Å²) >= 11 is 3.41. The van der Waals surface area contributed by atoms with Crippen LogP contribution in [0.1, 0.15) is 10.4 Å². The van der Waals surface area contributed by atoms with Crippen molar-refractivity contribution in [3.63, 3.8) is 0 Å². The second kappa shape index (κ2) is 5.11. The zero-order valence-electron chi connectivity index (χ0n) is 11.5. The molecule has 4 rings (SSSR count). The maximum atomic E-state index is 11.4. The molecule has 22 heavy (non-hydrogen) atoms. The number of hydrogen-bond acceptors (Lipinski definition) is 2. The summed E-state index contributed by atoms with van der Waals surface area (Å²) in [7, 11) is 0. The van der Waals surface area contributed by atoms with Crippen LogP contribution in [0.4, 0.5) is 0 Å². The molecule has 0 radical (unpaired) electrons. The van der Waals surface area contributed by atoms with Crippen molar-refractivity contribution in [2.75, 3.05) is 0 Å². The van der Waals surface area contributed by atoms with Crippen molar-refractivity contribution < 1.29 is 9.21 Å². The highest BCUT2D eigenvalue weighted by molar-refractivity contribution is 9.10. The highest BCUT2D eigenvalue weighted by atomic mass is 79.9. The molecule has 0 spiro atoms. The first-order valence-corrected chi connectivity index (χ1v) is 7.72. The molecule has 2 nitrogen and oxygen atoms in total. The number of fused-ring (bicyclic) bond motifs is 3. The molecule has 0 aliphatic heterocycles. The average Bonchev–Trinajstić information content (AvgIpc) is 2.93. The molecule has 0 amide bonds. The number of para-hydroxylation sites is 1. The van der Waals surface area contributed by atoms with Crippen molar-refractivity contribution in [3.8, 4) is 11.1 Å². The Morgan fingerprint density at radius 2 is 1.68 bits per heavy atom. The number of benzene rings is 3. The van der Waals surface area contributed by atoms with Gasteiger partial charge >= 0.3 is 0 Å². The van der Waals surface area contributed by atoms with Gasteiger partial charge in [0.15, 0.2) is 6.29 Å². The molecule has 3 aromatic carbocycles. The van der Waals surface area contributed by atoms with Crippen molar-refractivity contribution in [3.05, 3.63) is 70.7 Å². The quantitative estimate of drug-likeness (QED) is 0.426. The SMILES string of the molecule is O=Cc1cc(Br)ccc1-c1cccc2oc3ccccc3c12. The Morgan fingerprint density at radius 1 is 0.864 bits per heavy atom. The maximum Gasteiger partial charge on any atom is 0.150 e. The summed E-state index contributed by atoms with van der Waals surface area (Å²) in [5.41, 5.74) is 4.27. The minimum absolute atomic E-state index is 0.659. The molecule has 0 saturated carbocycles. The summed E-state index contributed by atoms with van der Waals surface area (Å²) in [6.07, 6.45) is 0.890. The van der Waals surface area contributed by atoms with Crippen LogP contribution in [0, 0.1) is 0 Å². The van der Waals surface area contributed by atoms with Crippen LogP contribution in [0.5, 0.6) is 0 Å². The topological polar surface area (TPSA) is 30.2 Å². The Hall–Kier alpha value is -2.39. The maximum absolute atomic E-state index is 11.4. The molecule has 0 unspecified atom stereocenters. The summed E-state index contributed by atoms with van der Waals surface area (Å²) in [5.74, 6) is 0. The van der Waals surface area contributed by atoms with Gasteiger partial charge in [-0.05, 0) is 35.4 Å². The molecule has 0 fully saturated rings. The summed E-state index contributed by atoms with van der Waals surface area (Å²) in [6, 6.07) is 19.6. The van der Waals surface area contributed by atoms with Crippen LogP contribution in [0.25, 0.3) is 33.1 Å². The summed E-state index contributed by atoms with van der Waals surface area (Å²) in [5, 5.41) is 2.11. The number of aldehydes is 1. The largest absolute Gasteiger partial charge is 0.456 e. The van der Waals surface area contributed by atoms with E-state index < -0.39 is 0 Å². The van der Waals surface area contributed by atoms with E-state index in [-0.39, 0.29) is 0 Å². The number of carbonyl (C=O) groups is 1. The minimum Gasteiger partial charge on any atom is -0.456 e. The van der Waals surface area contributed by atoms with Gasteiger partial charge in [-0.3, -0.25) is 4.79 Å². The number of hydrogen-bond donors (Lipinski definition) is 0. The van der Waals surface area contributed by atoms with Gasteiger partial charge in [0.1, 0.15) is 11.2 Å². The number of rotatable bonds is 2. The number of carbonyl (C=O) groups excluding carboxylic acids is 1. The van der Waals surface area contributed by atoms with Crippen LogP contribution in [0.2, 0.25) is 0 Å². The average molecular weight is 351 g/mol. The Morgan fingerprint density at radius 3 is 2.55 bits per heavy atom. The van der Waals surface area contributed by atoms with E-state index in [1.54, 1.807) is 0 Å². The standard InChI is InChI=1S/C19H11BrO2/c20-13-8-9-14(12(10-13)11-21)15-5-3-7-18-19(15)16-4-1-2-6-17(16)22-18/h1-11H. The van der Waals surface area contributed by atoms with Crippen LogP contribution in [0.15, 0.2) is 69.6 Å². The first-order chi connectivity index (χ1) is 10.8. The molecule has 0 N–H and O–H groups in total. The van der Waals surface area contributed by atoms with Crippen molar-refractivity contribution in [1.82, 2.24) is 0 Å². The second-order valence-corrected chi connectivity index (χ2v) is 6.04. The van der Waals surface area contributed by atoms with E-state index in [2.05, 4.69) is 15.9 Å². The first kappa shape index (κ1) is 13.3. The monoisotopic (exact) mass is 350 g/mol. The normalized spacial score (nSPS) is 11.1. The molecule has 1 heterocycles. The van der Waals surface area contributed by atoms with Crippen LogP contribution < -0.4 is 0 Å². The van der Waals surface area contributed by atoms with E-state index in [4.69, 9.17) is 4.42 Å². The van der Waals surface area contributed by atoms with Crippen molar-refractivity contribution >= 4 is 44.2 Å². The van der Waals surface area contributed by atoms with Gasteiger partial charge in [0.25, 0.3) is 0 Å². The third-order valence-corrected chi connectivity index (χ3v) is 4.33. The van der Waals surface area contributed by atoms with Gasteiger partial charge < -0.3 is 4.42 Å². The van der Waals surface area contributed by atoms with Crippen LogP contribution >= 0.6 is 15.9 Å². The number of halogens is 1. The Kier molecular flexibility index (Phi) is 3.09. The van der Waals surface area contributed by atoms with Gasteiger partial charge in [-0.25, -0.2) is 0 Å². The van der Waals surface area contributed by atoms with Crippen molar-refractivity contribution in [2.24, 2.45) is 0 Å². The fourth-order valence-electron chi connectivity index (χ4n) is 2.88. The Bertz CT molecular complexity index is 1010. The molecule has 1 aromatic heterocycles. The van der Waals surface area contributed by atoms with Crippen LogP contribution in [0.3, 0.4) is 0 Å². The third kappa shape index (κ3) is 1.97. The molecule has 4 aromatic rings. The van der Waals surface area contributed by atoms with Gasteiger partial charge in [0, 0.05) is 20.8 Å². The van der Waals surface area contributed by atoms with E-state index in [1.807, 2.05) is 60.7 Å². The van der Waals surface area contributed by atoms with E-state index in [0.29, 0.717) is 5.56 Å². The molecule has 0 bridgehead atoms. The zero-order chi connectivity index (χ0) is 15.1.